The van der Waals surface area contributed by atoms with Crippen LogP contribution in [0.4, 0.5) is 0 Å². The highest BCUT2D eigenvalue weighted by molar-refractivity contribution is 7.89. The zero-order valence-electron chi connectivity index (χ0n) is 11.6. The standard InChI is InChI=1S/C13H17N3O3S2/c1-15-9-12(13(14-15)11-3-2-8-20-11)21(18,19)16-6-4-10(17)5-7-16/h2-3,8-10,17H,4-7H2,1H3. The van der Waals surface area contributed by atoms with Crippen molar-refractivity contribution in [2.24, 2.45) is 7.05 Å². The van der Waals surface area contributed by atoms with Crippen LogP contribution in [0.5, 0.6) is 0 Å². The second-order valence-corrected chi connectivity index (χ2v) is 7.98. The van der Waals surface area contributed by atoms with Crippen LogP contribution in [-0.2, 0) is 17.1 Å². The lowest BCUT2D eigenvalue weighted by atomic mass is 10.1. The first-order valence-corrected chi connectivity index (χ1v) is 9.06. The molecule has 0 bridgehead atoms. The normalized spacial score (nSPS) is 18.2. The molecule has 2 aromatic rings. The number of sulfonamides is 1. The number of aryl methyl sites for hydroxylation is 1. The SMILES string of the molecule is Cn1cc(S(=O)(=O)N2CCC(O)CC2)c(-c2cccs2)n1. The summed E-state index contributed by atoms with van der Waals surface area (Å²) in [5.41, 5.74) is 0.499. The number of hydrogen-bond acceptors (Lipinski definition) is 5. The fraction of sp³-hybridized carbons (Fsp3) is 0.462. The van der Waals surface area contributed by atoms with Crippen LogP contribution < -0.4 is 0 Å². The number of aliphatic hydroxyl groups is 1. The molecule has 0 aromatic carbocycles. The van der Waals surface area contributed by atoms with Crippen LogP contribution in [0.25, 0.3) is 10.6 Å². The summed E-state index contributed by atoms with van der Waals surface area (Å²) in [4.78, 5) is 1.08. The molecule has 0 amide bonds. The van der Waals surface area contributed by atoms with Gasteiger partial charge in [-0.2, -0.15) is 9.40 Å². The van der Waals surface area contributed by atoms with Crippen LogP contribution >= 0.6 is 11.3 Å². The summed E-state index contributed by atoms with van der Waals surface area (Å²) >= 11 is 1.47. The molecule has 1 aliphatic rings. The van der Waals surface area contributed by atoms with Gasteiger partial charge in [-0.3, -0.25) is 4.68 Å². The third-order valence-electron chi connectivity index (χ3n) is 3.59. The van der Waals surface area contributed by atoms with E-state index in [2.05, 4.69) is 5.10 Å². The molecular formula is C13H17N3O3S2. The van der Waals surface area contributed by atoms with E-state index in [9.17, 15) is 13.5 Å². The minimum absolute atomic E-state index is 0.240. The number of rotatable bonds is 3. The van der Waals surface area contributed by atoms with Gasteiger partial charge in [-0.25, -0.2) is 8.42 Å². The van der Waals surface area contributed by atoms with Gasteiger partial charge in [0.25, 0.3) is 0 Å². The Kier molecular flexibility index (Phi) is 3.87. The monoisotopic (exact) mass is 327 g/mol. The van der Waals surface area contributed by atoms with E-state index >= 15 is 0 Å². The Bertz CT molecular complexity index is 714. The molecular weight excluding hydrogens is 310 g/mol. The summed E-state index contributed by atoms with van der Waals surface area (Å²) in [7, 11) is -1.86. The van der Waals surface area contributed by atoms with Gasteiger partial charge in [0.05, 0.1) is 11.0 Å². The van der Waals surface area contributed by atoms with Gasteiger partial charge < -0.3 is 5.11 Å². The molecule has 1 aliphatic heterocycles. The fourth-order valence-corrected chi connectivity index (χ4v) is 4.90. The number of nitrogens with zero attached hydrogens (tertiary/aromatic N) is 3. The van der Waals surface area contributed by atoms with Crippen molar-refractivity contribution in [1.29, 1.82) is 0 Å². The highest BCUT2D eigenvalue weighted by atomic mass is 32.2. The van der Waals surface area contributed by atoms with Crippen LogP contribution in [0.15, 0.2) is 28.6 Å². The first kappa shape index (κ1) is 14.7. The Hall–Kier alpha value is -1.22. The van der Waals surface area contributed by atoms with Gasteiger partial charge in [0.15, 0.2) is 0 Å². The number of aliphatic hydroxyl groups excluding tert-OH is 1. The number of hydrogen-bond donors (Lipinski definition) is 1. The number of piperidine rings is 1. The van der Waals surface area contributed by atoms with Gasteiger partial charge in [0, 0.05) is 26.3 Å². The van der Waals surface area contributed by atoms with Gasteiger partial charge in [-0.1, -0.05) is 6.07 Å². The van der Waals surface area contributed by atoms with Crippen LogP contribution in [0.1, 0.15) is 12.8 Å². The predicted octanol–water partition coefficient (Wildman–Crippen LogP) is 1.29. The van der Waals surface area contributed by atoms with Crippen molar-refractivity contribution < 1.29 is 13.5 Å². The Morgan fingerprint density at radius 2 is 2.10 bits per heavy atom. The van der Waals surface area contributed by atoms with E-state index in [4.69, 9.17) is 0 Å². The smallest absolute Gasteiger partial charge is 0.246 e. The van der Waals surface area contributed by atoms with Crippen molar-refractivity contribution >= 4 is 21.4 Å². The van der Waals surface area contributed by atoms with E-state index in [0.717, 1.165) is 4.88 Å². The van der Waals surface area contributed by atoms with Crippen molar-refractivity contribution in [2.45, 2.75) is 23.8 Å². The molecule has 0 unspecified atom stereocenters. The van der Waals surface area contributed by atoms with Gasteiger partial charge in [-0.05, 0) is 24.3 Å². The molecule has 0 radical (unpaired) electrons. The first-order valence-electron chi connectivity index (χ1n) is 6.74. The first-order chi connectivity index (χ1) is 9.98. The highest BCUT2D eigenvalue weighted by Gasteiger charge is 2.32. The Labute approximate surface area is 127 Å². The van der Waals surface area contributed by atoms with Crippen molar-refractivity contribution in [3.8, 4) is 10.6 Å². The third kappa shape index (κ3) is 2.76. The Balaban J connectivity index is 2.00. The van der Waals surface area contributed by atoms with Crippen LogP contribution in [0.2, 0.25) is 0 Å². The van der Waals surface area contributed by atoms with Crippen LogP contribution in [0, 0.1) is 0 Å². The summed E-state index contributed by atoms with van der Waals surface area (Å²) in [6, 6.07) is 3.74. The molecule has 0 atom stereocenters. The van der Waals surface area contributed by atoms with Crippen molar-refractivity contribution in [3.05, 3.63) is 23.7 Å². The van der Waals surface area contributed by atoms with E-state index in [1.807, 2.05) is 17.5 Å². The Morgan fingerprint density at radius 1 is 1.38 bits per heavy atom. The molecule has 21 heavy (non-hydrogen) atoms. The third-order valence-corrected chi connectivity index (χ3v) is 6.37. The summed E-state index contributed by atoms with van der Waals surface area (Å²) in [6.45, 7) is 0.699. The van der Waals surface area contributed by atoms with Gasteiger partial charge in [0.1, 0.15) is 10.6 Å². The number of aromatic nitrogens is 2. The highest BCUT2D eigenvalue weighted by Crippen LogP contribution is 2.32. The fourth-order valence-electron chi connectivity index (χ4n) is 2.46. The topological polar surface area (TPSA) is 75.4 Å². The number of thiophene rings is 1. The van der Waals surface area contributed by atoms with Gasteiger partial charge in [0.2, 0.25) is 10.0 Å². The molecule has 114 valence electrons. The van der Waals surface area contributed by atoms with E-state index in [1.54, 1.807) is 13.2 Å². The Morgan fingerprint density at radius 3 is 2.71 bits per heavy atom. The maximum absolute atomic E-state index is 12.8. The van der Waals surface area contributed by atoms with Crippen LogP contribution in [0.3, 0.4) is 0 Å². The maximum Gasteiger partial charge on any atom is 0.246 e. The lowest BCUT2D eigenvalue weighted by Gasteiger charge is -2.28. The largest absolute Gasteiger partial charge is 0.393 e. The van der Waals surface area contributed by atoms with E-state index in [1.165, 1.54) is 20.3 Å². The molecule has 0 saturated carbocycles. The molecule has 0 aliphatic carbocycles. The molecule has 3 rings (SSSR count). The predicted molar refractivity (Wildman–Crippen MR) is 80.5 cm³/mol. The second kappa shape index (κ2) is 5.53. The second-order valence-electron chi connectivity index (χ2n) is 5.13. The average Bonchev–Trinajstić information content (AvgIpc) is 3.08. The molecule has 1 saturated heterocycles. The minimum atomic E-state index is -3.58. The molecule has 1 fully saturated rings. The van der Waals surface area contributed by atoms with E-state index < -0.39 is 16.1 Å². The van der Waals surface area contributed by atoms with Gasteiger partial charge >= 0.3 is 0 Å². The maximum atomic E-state index is 12.8. The summed E-state index contributed by atoms with van der Waals surface area (Å²) in [6.07, 6.45) is 2.11. The lowest BCUT2D eigenvalue weighted by molar-refractivity contribution is 0.113. The van der Waals surface area contributed by atoms with E-state index in [-0.39, 0.29) is 4.90 Å². The van der Waals surface area contributed by atoms with Crippen molar-refractivity contribution in [1.82, 2.24) is 14.1 Å². The molecule has 6 nitrogen and oxygen atoms in total. The molecule has 0 spiro atoms. The van der Waals surface area contributed by atoms with E-state index in [0.29, 0.717) is 31.6 Å². The van der Waals surface area contributed by atoms with Crippen molar-refractivity contribution in [2.75, 3.05) is 13.1 Å². The van der Waals surface area contributed by atoms with Gasteiger partial charge in [-0.15, -0.1) is 11.3 Å². The zero-order valence-corrected chi connectivity index (χ0v) is 13.3. The summed E-state index contributed by atoms with van der Waals surface area (Å²) in [5.74, 6) is 0. The average molecular weight is 327 g/mol. The molecule has 1 N–H and O–H groups in total. The quantitative estimate of drug-likeness (QED) is 0.922. The lowest BCUT2D eigenvalue weighted by Crippen LogP contribution is -2.40. The zero-order chi connectivity index (χ0) is 15.0. The summed E-state index contributed by atoms with van der Waals surface area (Å²) < 4.78 is 28.6. The van der Waals surface area contributed by atoms with Crippen molar-refractivity contribution in [3.63, 3.8) is 0 Å². The molecule has 8 heteroatoms. The van der Waals surface area contributed by atoms with Crippen LogP contribution in [-0.4, -0.2) is 46.8 Å². The minimum Gasteiger partial charge on any atom is -0.393 e. The summed E-state index contributed by atoms with van der Waals surface area (Å²) in [5, 5.41) is 15.7. The molecule has 2 aromatic heterocycles. The molecule has 3 heterocycles.